The summed E-state index contributed by atoms with van der Waals surface area (Å²) >= 11 is 5.67. The third-order valence-electron chi connectivity index (χ3n) is 2.30. The number of aliphatic carboxylic acids is 1. The van der Waals surface area contributed by atoms with Crippen LogP contribution >= 0.6 is 11.6 Å². The molecule has 0 aliphatic heterocycles. The van der Waals surface area contributed by atoms with Gasteiger partial charge in [0, 0.05) is 11.1 Å². The summed E-state index contributed by atoms with van der Waals surface area (Å²) in [6, 6.07) is 6.24. The molecule has 0 bridgehead atoms. The van der Waals surface area contributed by atoms with Gasteiger partial charge in [-0.15, -0.1) is 0 Å². The van der Waals surface area contributed by atoms with E-state index in [0.29, 0.717) is 10.6 Å². The van der Waals surface area contributed by atoms with Gasteiger partial charge in [-0.1, -0.05) is 23.7 Å². The summed E-state index contributed by atoms with van der Waals surface area (Å²) in [5.41, 5.74) is 0.551. The monoisotopic (exact) mass is 321 g/mol. The maximum atomic E-state index is 12.3. The highest BCUT2D eigenvalue weighted by molar-refractivity contribution is 6.30. The summed E-state index contributed by atoms with van der Waals surface area (Å²) in [7, 11) is 0. The lowest BCUT2D eigenvalue weighted by atomic mass is 10.2. The van der Waals surface area contributed by atoms with E-state index in [0.717, 1.165) is 6.08 Å². The Morgan fingerprint density at radius 2 is 1.81 bits per heavy atom. The lowest BCUT2D eigenvalue weighted by Gasteiger charge is -2.20. The Bertz CT molecular complexity index is 541. The molecule has 0 aromatic heterocycles. The van der Waals surface area contributed by atoms with E-state index in [4.69, 9.17) is 16.7 Å². The average Bonchev–Trinajstić information content (AvgIpc) is 2.34. The van der Waals surface area contributed by atoms with Crippen molar-refractivity contribution >= 4 is 29.6 Å². The molecule has 4 nitrogen and oxygen atoms in total. The molecule has 0 atom stereocenters. The molecule has 0 aliphatic carbocycles. The molecule has 1 aromatic carbocycles. The molecule has 21 heavy (non-hydrogen) atoms. The predicted octanol–water partition coefficient (Wildman–Crippen LogP) is 2.83. The van der Waals surface area contributed by atoms with E-state index in [1.165, 1.54) is 6.08 Å². The van der Waals surface area contributed by atoms with Gasteiger partial charge < -0.3 is 10.0 Å². The first-order chi connectivity index (χ1) is 9.67. The normalized spacial score (nSPS) is 11.6. The van der Waals surface area contributed by atoms with Crippen molar-refractivity contribution in [3.05, 3.63) is 40.9 Å². The Morgan fingerprint density at radius 1 is 1.24 bits per heavy atom. The second-order valence-electron chi connectivity index (χ2n) is 4.09. The molecule has 1 N–H and O–H groups in total. The summed E-state index contributed by atoms with van der Waals surface area (Å²) in [6.07, 6.45) is -2.50. The molecule has 0 heterocycles. The van der Waals surface area contributed by atoms with Crippen LogP contribution in [0.3, 0.4) is 0 Å². The van der Waals surface area contributed by atoms with Crippen LogP contribution in [0.2, 0.25) is 5.02 Å². The SMILES string of the molecule is O=C(O)CN(CC(F)(F)F)C(=O)C=Cc1ccc(Cl)cc1. The number of carbonyl (C=O) groups excluding carboxylic acids is 1. The molecule has 0 spiro atoms. The number of halogens is 4. The fourth-order valence-corrected chi connectivity index (χ4v) is 1.56. The van der Waals surface area contributed by atoms with E-state index in [2.05, 4.69) is 0 Å². The highest BCUT2D eigenvalue weighted by Gasteiger charge is 2.33. The first kappa shape index (κ1) is 17.0. The Labute approximate surface area is 123 Å². The van der Waals surface area contributed by atoms with Gasteiger partial charge in [0.2, 0.25) is 5.91 Å². The largest absolute Gasteiger partial charge is 0.480 e. The maximum absolute atomic E-state index is 12.3. The minimum atomic E-state index is -4.67. The number of carbonyl (C=O) groups is 2. The Morgan fingerprint density at radius 3 is 2.29 bits per heavy atom. The minimum Gasteiger partial charge on any atom is -0.480 e. The zero-order chi connectivity index (χ0) is 16.0. The smallest absolute Gasteiger partial charge is 0.406 e. The summed E-state index contributed by atoms with van der Waals surface area (Å²) < 4.78 is 36.9. The Balaban J connectivity index is 2.80. The summed E-state index contributed by atoms with van der Waals surface area (Å²) in [6.45, 7) is -2.65. The van der Waals surface area contributed by atoms with Crippen molar-refractivity contribution in [1.82, 2.24) is 4.90 Å². The first-order valence-corrected chi connectivity index (χ1v) is 6.06. The van der Waals surface area contributed by atoms with E-state index in [1.54, 1.807) is 24.3 Å². The molecule has 0 aliphatic rings. The third kappa shape index (κ3) is 6.80. The molecule has 1 aromatic rings. The summed E-state index contributed by atoms with van der Waals surface area (Å²) in [4.78, 5) is 22.4. The van der Waals surface area contributed by atoms with Crippen LogP contribution in [0.5, 0.6) is 0 Å². The Kier molecular flexibility index (Phi) is 5.78. The number of carboxylic acid groups (broad SMARTS) is 1. The number of alkyl halides is 3. The molecular formula is C13H11ClF3NO3. The second kappa shape index (κ2) is 7.12. The molecule has 0 fully saturated rings. The number of amides is 1. The zero-order valence-corrected chi connectivity index (χ0v) is 11.4. The summed E-state index contributed by atoms with van der Waals surface area (Å²) in [5.74, 6) is -2.56. The second-order valence-corrected chi connectivity index (χ2v) is 4.52. The molecule has 1 amide bonds. The van der Waals surface area contributed by atoms with E-state index < -0.39 is 31.1 Å². The minimum absolute atomic E-state index is 0.203. The molecule has 0 saturated heterocycles. The van der Waals surface area contributed by atoms with Crippen molar-refractivity contribution in [2.75, 3.05) is 13.1 Å². The summed E-state index contributed by atoms with van der Waals surface area (Å²) in [5, 5.41) is 9.02. The number of benzene rings is 1. The van der Waals surface area contributed by atoms with Gasteiger partial charge in [-0.2, -0.15) is 13.2 Å². The van der Waals surface area contributed by atoms with Crippen molar-refractivity contribution in [3.8, 4) is 0 Å². The van der Waals surface area contributed by atoms with Crippen LogP contribution in [-0.4, -0.2) is 41.1 Å². The van der Waals surface area contributed by atoms with Crippen molar-refractivity contribution < 1.29 is 27.9 Å². The molecule has 0 saturated carbocycles. The first-order valence-electron chi connectivity index (χ1n) is 5.68. The van der Waals surface area contributed by atoms with E-state index in [-0.39, 0.29) is 4.90 Å². The number of hydrogen-bond acceptors (Lipinski definition) is 2. The highest BCUT2D eigenvalue weighted by Crippen LogP contribution is 2.17. The number of carboxylic acids is 1. The third-order valence-corrected chi connectivity index (χ3v) is 2.55. The van der Waals surface area contributed by atoms with Crippen molar-refractivity contribution in [2.45, 2.75) is 6.18 Å². The van der Waals surface area contributed by atoms with Gasteiger partial charge >= 0.3 is 12.1 Å². The fraction of sp³-hybridized carbons (Fsp3) is 0.231. The number of hydrogen-bond donors (Lipinski definition) is 1. The maximum Gasteiger partial charge on any atom is 0.406 e. The predicted molar refractivity (Wildman–Crippen MR) is 70.8 cm³/mol. The van der Waals surface area contributed by atoms with Gasteiger partial charge in [-0.3, -0.25) is 9.59 Å². The molecule has 0 unspecified atom stereocenters. The topological polar surface area (TPSA) is 57.6 Å². The van der Waals surface area contributed by atoms with Crippen LogP contribution in [0, 0.1) is 0 Å². The van der Waals surface area contributed by atoms with Gasteiger partial charge in [-0.05, 0) is 23.8 Å². The Hall–Kier alpha value is -2.02. The van der Waals surface area contributed by atoms with E-state index in [9.17, 15) is 22.8 Å². The highest BCUT2D eigenvalue weighted by atomic mass is 35.5. The number of rotatable bonds is 5. The lowest BCUT2D eigenvalue weighted by Crippen LogP contribution is -2.41. The van der Waals surface area contributed by atoms with Gasteiger partial charge in [0.05, 0.1) is 0 Å². The van der Waals surface area contributed by atoms with Gasteiger partial charge in [-0.25, -0.2) is 0 Å². The van der Waals surface area contributed by atoms with E-state index in [1.807, 2.05) is 0 Å². The standard InChI is InChI=1S/C13H11ClF3NO3/c14-10-4-1-9(2-5-10)3-6-11(19)18(7-12(20)21)8-13(15,16)17/h1-6H,7-8H2,(H,20,21). The van der Waals surface area contributed by atoms with Gasteiger partial charge in [0.25, 0.3) is 0 Å². The van der Waals surface area contributed by atoms with Gasteiger partial charge in [0.15, 0.2) is 0 Å². The van der Waals surface area contributed by atoms with Crippen molar-refractivity contribution in [3.63, 3.8) is 0 Å². The van der Waals surface area contributed by atoms with Gasteiger partial charge in [0.1, 0.15) is 13.1 Å². The lowest BCUT2D eigenvalue weighted by molar-refractivity contribution is -0.163. The molecule has 114 valence electrons. The fourth-order valence-electron chi connectivity index (χ4n) is 1.44. The van der Waals surface area contributed by atoms with Crippen LogP contribution in [0.4, 0.5) is 13.2 Å². The van der Waals surface area contributed by atoms with E-state index >= 15 is 0 Å². The zero-order valence-electron chi connectivity index (χ0n) is 10.6. The quantitative estimate of drug-likeness (QED) is 0.848. The molecule has 8 heteroatoms. The van der Waals surface area contributed by atoms with Crippen LogP contribution in [0.1, 0.15) is 5.56 Å². The molecule has 0 radical (unpaired) electrons. The van der Waals surface area contributed by atoms with Crippen LogP contribution in [0.25, 0.3) is 6.08 Å². The molecular weight excluding hydrogens is 311 g/mol. The average molecular weight is 322 g/mol. The van der Waals surface area contributed by atoms with Crippen LogP contribution in [-0.2, 0) is 9.59 Å². The van der Waals surface area contributed by atoms with Crippen molar-refractivity contribution in [1.29, 1.82) is 0 Å². The number of nitrogens with zero attached hydrogens (tertiary/aromatic N) is 1. The molecule has 1 rings (SSSR count). The van der Waals surface area contributed by atoms with Crippen LogP contribution in [0.15, 0.2) is 30.3 Å². The van der Waals surface area contributed by atoms with Crippen molar-refractivity contribution in [2.24, 2.45) is 0 Å². The van der Waals surface area contributed by atoms with Crippen LogP contribution < -0.4 is 0 Å².